The maximum absolute atomic E-state index is 4.22. The molecule has 2 atom stereocenters. The molecule has 1 aliphatic heterocycles. The average Bonchev–Trinajstić information content (AvgIpc) is 2.06. The number of nitrogens with zero attached hydrogens (tertiary/aromatic N) is 2. The van der Waals surface area contributed by atoms with Crippen molar-refractivity contribution in [1.29, 1.82) is 0 Å². The minimum absolute atomic E-state index is 0.245. The van der Waals surface area contributed by atoms with Crippen LogP contribution in [0.2, 0.25) is 0 Å². The second kappa shape index (κ2) is 4.65. The fourth-order valence-electron chi connectivity index (χ4n) is 0.898. The highest BCUT2D eigenvalue weighted by atomic mass is 14.8. The van der Waals surface area contributed by atoms with Crippen LogP contribution in [0.3, 0.4) is 0 Å². The summed E-state index contributed by atoms with van der Waals surface area (Å²) in [4.78, 5) is 8.45. The molecule has 1 heterocycles. The van der Waals surface area contributed by atoms with Crippen molar-refractivity contribution < 1.29 is 0 Å². The highest BCUT2D eigenvalue weighted by molar-refractivity contribution is 6.16. The number of hydrogen-bond acceptors (Lipinski definition) is 2. The van der Waals surface area contributed by atoms with Gasteiger partial charge in [-0.2, -0.15) is 0 Å². The van der Waals surface area contributed by atoms with Gasteiger partial charge in [0.15, 0.2) is 0 Å². The Morgan fingerprint density at radius 2 is 1.25 bits per heavy atom. The largest absolute Gasteiger partial charge is 0.284 e. The van der Waals surface area contributed by atoms with E-state index in [-0.39, 0.29) is 12.1 Å². The van der Waals surface area contributed by atoms with Gasteiger partial charge in [-0.25, -0.2) is 0 Å². The molecular formula is C10H14N2. The molecule has 0 N–H and O–H groups in total. The van der Waals surface area contributed by atoms with Crippen molar-refractivity contribution in [3.63, 3.8) is 0 Å². The van der Waals surface area contributed by atoms with E-state index in [0.717, 1.165) is 0 Å². The van der Waals surface area contributed by atoms with Crippen molar-refractivity contribution in [1.82, 2.24) is 0 Å². The fraction of sp³-hybridized carbons (Fsp3) is 0.400. The lowest BCUT2D eigenvalue weighted by Crippen LogP contribution is -1.97. The zero-order valence-electron chi connectivity index (χ0n) is 7.51. The quantitative estimate of drug-likeness (QED) is 0.520. The highest BCUT2D eigenvalue weighted by Gasteiger charge is 1.91. The molecule has 2 unspecified atom stereocenters. The second-order valence-corrected chi connectivity index (χ2v) is 2.85. The third-order valence-corrected chi connectivity index (χ3v) is 1.60. The van der Waals surface area contributed by atoms with Crippen LogP contribution >= 0.6 is 0 Å². The van der Waals surface area contributed by atoms with Gasteiger partial charge in [-0.05, 0) is 13.8 Å². The van der Waals surface area contributed by atoms with E-state index in [4.69, 9.17) is 0 Å². The zero-order chi connectivity index (χ0) is 8.81. The molecule has 1 aliphatic rings. The van der Waals surface area contributed by atoms with E-state index < -0.39 is 0 Å². The minimum atomic E-state index is 0.245. The van der Waals surface area contributed by atoms with Gasteiger partial charge in [0.05, 0.1) is 12.1 Å². The van der Waals surface area contributed by atoms with Gasteiger partial charge in [-0.15, -0.1) is 0 Å². The zero-order valence-corrected chi connectivity index (χ0v) is 7.51. The summed E-state index contributed by atoms with van der Waals surface area (Å²) < 4.78 is 0. The average molecular weight is 162 g/mol. The molecule has 0 radical (unpaired) electrons. The molecule has 0 saturated carbocycles. The molecule has 0 fully saturated rings. The van der Waals surface area contributed by atoms with E-state index in [1.54, 1.807) is 12.4 Å². The number of allylic oxidation sites excluding steroid dienone is 2. The van der Waals surface area contributed by atoms with Crippen molar-refractivity contribution in [3.8, 4) is 0 Å². The van der Waals surface area contributed by atoms with Crippen LogP contribution in [0.15, 0.2) is 34.3 Å². The second-order valence-electron chi connectivity index (χ2n) is 2.85. The SMILES string of the molecule is CC1/C=C\C=C/C(C)N=CC=N1. The Kier molecular flexibility index (Phi) is 3.45. The molecule has 0 aromatic carbocycles. The summed E-state index contributed by atoms with van der Waals surface area (Å²) in [5.41, 5.74) is 0. The molecule has 0 aliphatic carbocycles. The monoisotopic (exact) mass is 162 g/mol. The van der Waals surface area contributed by atoms with Gasteiger partial charge < -0.3 is 0 Å². The van der Waals surface area contributed by atoms with E-state index in [9.17, 15) is 0 Å². The van der Waals surface area contributed by atoms with Gasteiger partial charge in [0.25, 0.3) is 0 Å². The summed E-state index contributed by atoms with van der Waals surface area (Å²) in [7, 11) is 0. The molecule has 0 aromatic heterocycles. The van der Waals surface area contributed by atoms with Gasteiger partial charge in [-0.3, -0.25) is 9.98 Å². The number of rotatable bonds is 0. The first-order valence-corrected chi connectivity index (χ1v) is 4.19. The normalized spacial score (nSPS) is 34.5. The molecule has 2 heteroatoms. The van der Waals surface area contributed by atoms with Gasteiger partial charge in [0.2, 0.25) is 0 Å². The molecule has 0 spiro atoms. The highest BCUT2D eigenvalue weighted by Crippen LogP contribution is 1.96. The molecule has 12 heavy (non-hydrogen) atoms. The molecule has 2 nitrogen and oxygen atoms in total. The Bertz CT molecular complexity index is 186. The van der Waals surface area contributed by atoms with Crippen molar-refractivity contribution >= 4 is 12.4 Å². The topological polar surface area (TPSA) is 24.7 Å². The fourth-order valence-corrected chi connectivity index (χ4v) is 0.898. The predicted octanol–water partition coefficient (Wildman–Crippen LogP) is 2.03. The molecule has 0 saturated heterocycles. The van der Waals surface area contributed by atoms with Crippen LogP contribution < -0.4 is 0 Å². The molecule has 0 aromatic rings. The summed E-state index contributed by atoms with van der Waals surface area (Å²) in [6, 6.07) is 0.490. The van der Waals surface area contributed by atoms with Crippen LogP contribution in [0.5, 0.6) is 0 Å². The van der Waals surface area contributed by atoms with Crippen LogP contribution in [-0.4, -0.2) is 24.5 Å². The third kappa shape index (κ3) is 3.28. The van der Waals surface area contributed by atoms with Gasteiger partial charge in [0.1, 0.15) is 0 Å². The number of hydrogen-bond donors (Lipinski definition) is 0. The van der Waals surface area contributed by atoms with E-state index in [0.29, 0.717) is 0 Å². The van der Waals surface area contributed by atoms with E-state index in [1.165, 1.54) is 0 Å². The molecule has 0 bridgehead atoms. The summed E-state index contributed by atoms with van der Waals surface area (Å²) >= 11 is 0. The third-order valence-electron chi connectivity index (χ3n) is 1.60. The van der Waals surface area contributed by atoms with E-state index in [1.807, 2.05) is 26.0 Å². The predicted molar refractivity (Wildman–Crippen MR) is 54.2 cm³/mol. The first kappa shape index (κ1) is 8.91. The van der Waals surface area contributed by atoms with Gasteiger partial charge in [0, 0.05) is 12.4 Å². The molecular weight excluding hydrogens is 148 g/mol. The maximum Gasteiger partial charge on any atom is 0.0655 e. The molecule has 0 amide bonds. The summed E-state index contributed by atoms with van der Waals surface area (Å²) in [6.45, 7) is 4.08. The van der Waals surface area contributed by atoms with E-state index >= 15 is 0 Å². The van der Waals surface area contributed by atoms with Gasteiger partial charge >= 0.3 is 0 Å². The van der Waals surface area contributed by atoms with Crippen molar-refractivity contribution in [3.05, 3.63) is 24.3 Å². The Balaban J connectivity index is 2.70. The summed E-state index contributed by atoms with van der Waals surface area (Å²) in [5.74, 6) is 0. The van der Waals surface area contributed by atoms with Crippen LogP contribution in [-0.2, 0) is 0 Å². The lowest BCUT2D eigenvalue weighted by atomic mass is 10.2. The Labute approximate surface area is 73.4 Å². The first-order chi connectivity index (χ1) is 5.79. The smallest absolute Gasteiger partial charge is 0.0655 e. The lowest BCUT2D eigenvalue weighted by Gasteiger charge is -1.99. The Morgan fingerprint density at radius 3 is 1.67 bits per heavy atom. The van der Waals surface area contributed by atoms with Crippen LogP contribution in [0.25, 0.3) is 0 Å². The van der Waals surface area contributed by atoms with Crippen molar-refractivity contribution in [2.45, 2.75) is 25.9 Å². The molecule has 1 rings (SSSR count). The summed E-state index contributed by atoms with van der Waals surface area (Å²) in [6.07, 6.45) is 11.6. The molecule has 64 valence electrons. The maximum atomic E-state index is 4.22. The van der Waals surface area contributed by atoms with E-state index in [2.05, 4.69) is 22.1 Å². The van der Waals surface area contributed by atoms with Gasteiger partial charge in [-0.1, -0.05) is 24.3 Å². The standard InChI is InChI=1S/C10H14N2/c1-9-5-3-4-6-10(2)12-8-7-11-9/h3-10H,1-2H3/b5-3-,6-4-,11-7?,12-8?. The Morgan fingerprint density at radius 1 is 0.833 bits per heavy atom. The van der Waals surface area contributed by atoms with Crippen molar-refractivity contribution in [2.24, 2.45) is 9.98 Å². The van der Waals surface area contributed by atoms with Crippen LogP contribution in [0.1, 0.15) is 13.8 Å². The van der Waals surface area contributed by atoms with Crippen LogP contribution in [0.4, 0.5) is 0 Å². The van der Waals surface area contributed by atoms with Crippen molar-refractivity contribution in [2.75, 3.05) is 0 Å². The Hall–Kier alpha value is -1.18. The number of aliphatic imine (C=N–C) groups is 2. The first-order valence-electron chi connectivity index (χ1n) is 4.19. The minimum Gasteiger partial charge on any atom is -0.284 e. The summed E-state index contributed by atoms with van der Waals surface area (Å²) in [5, 5.41) is 0. The lowest BCUT2D eigenvalue weighted by molar-refractivity contribution is 0.920. The van der Waals surface area contributed by atoms with Crippen LogP contribution in [0, 0.1) is 0 Å².